The van der Waals surface area contributed by atoms with Crippen LogP contribution in [-0.2, 0) is 6.54 Å². The molecule has 2 rings (SSSR count). The van der Waals surface area contributed by atoms with Crippen LogP contribution < -0.4 is 5.32 Å². The normalized spacial score (nSPS) is 11.5. The van der Waals surface area contributed by atoms with E-state index in [1.165, 1.54) is 40.6 Å². The van der Waals surface area contributed by atoms with Gasteiger partial charge < -0.3 is 5.32 Å². The second-order valence-electron chi connectivity index (χ2n) is 6.37. The number of aryl methyl sites for hydroxylation is 2. The molecule has 0 aliphatic carbocycles. The predicted molar refractivity (Wildman–Crippen MR) is 91.9 cm³/mol. The van der Waals surface area contributed by atoms with Gasteiger partial charge >= 0.3 is 0 Å². The van der Waals surface area contributed by atoms with Crippen molar-refractivity contribution in [3.05, 3.63) is 40.6 Å². The summed E-state index contributed by atoms with van der Waals surface area (Å²) in [7, 11) is 0. The van der Waals surface area contributed by atoms with Crippen LogP contribution in [0.15, 0.2) is 18.2 Å². The molecule has 0 aliphatic heterocycles. The molecule has 2 aromatic rings. The molecule has 0 unspecified atom stereocenters. The maximum atomic E-state index is 4.87. The van der Waals surface area contributed by atoms with Gasteiger partial charge in [-0.3, -0.25) is 4.98 Å². The summed E-state index contributed by atoms with van der Waals surface area (Å²) < 4.78 is 0. The summed E-state index contributed by atoms with van der Waals surface area (Å²) in [5.74, 6) is 0.463. The van der Waals surface area contributed by atoms with Crippen LogP contribution in [0, 0.1) is 13.8 Å². The molecular formula is C19H28N2. The van der Waals surface area contributed by atoms with Crippen molar-refractivity contribution in [3.8, 4) is 0 Å². The number of benzene rings is 1. The van der Waals surface area contributed by atoms with Gasteiger partial charge in [0.25, 0.3) is 0 Å². The number of aromatic nitrogens is 1. The fourth-order valence-corrected chi connectivity index (χ4v) is 2.83. The van der Waals surface area contributed by atoms with E-state index in [0.29, 0.717) is 5.92 Å². The Bertz CT molecular complexity index is 614. The van der Waals surface area contributed by atoms with E-state index in [-0.39, 0.29) is 0 Å². The van der Waals surface area contributed by atoms with Gasteiger partial charge in [-0.25, -0.2) is 0 Å². The van der Waals surface area contributed by atoms with Crippen LogP contribution in [0.3, 0.4) is 0 Å². The minimum atomic E-state index is 0.463. The summed E-state index contributed by atoms with van der Waals surface area (Å²) in [4.78, 5) is 4.87. The molecule has 0 saturated carbocycles. The number of fused-ring (bicyclic) bond motifs is 1. The third kappa shape index (κ3) is 3.82. The third-order valence-corrected chi connectivity index (χ3v) is 3.97. The fraction of sp³-hybridized carbons (Fsp3) is 0.526. The largest absolute Gasteiger partial charge is 0.313 e. The SMILES string of the molecule is CCCCNCc1cc(C(C)C)nc2cc(C)cc(C)c12. The van der Waals surface area contributed by atoms with Gasteiger partial charge in [0, 0.05) is 17.6 Å². The van der Waals surface area contributed by atoms with Crippen molar-refractivity contribution in [1.29, 1.82) is 0 Å². The molecule has 0 amide bonds. The van der Waals surface area contributed by atoms with Gasteiger partial charge in [-0.2, -0.15) is 0 Å². The quantitative estimate of drug-likeness (QED) is 0.766. The third-order valence-electron chi connectivity index (χ3n) is 3.97. The van der Waals surface area contributed by atoms with Gasteiger partial charge in [-0.1, -0.05) is 33.3 Å². The summed E-state index contributed by atoms with van der Waals surface area (Å²) in [5, 5.41) is 4.90. The molecule has 0 aliphatic rings. The van der Waals surface area contributed by atoms with Gasteiger partial charge in [-0.15, -0.1) is 0 Å². The van der Waals surface area contributed by atoms with Crippen LogP contribution in [0.25, 0.3) is 10.9 Å². The summed E-state index contributed by atoms with van der Waals surface area (Å²) in [6.07, 6.45) is 2.47. The molecule has 1 aromatic carbocycles. The van der Waals surface area contributed by atoms with E-state index >= 15 is 0 Å². The van der Waals surface area contributed by atoms with Crippen molar-refractivity contribution >= 4 is 10.9 Å². The first-order chi connectivity index (χ1) is 10.0. The number of hydrogen-bond donors (Lipinski definition) is 1. The first-order valence-electron chi connectivity index (χ1n) is 8.14. The van der Waals surface area contributed by atoms with E-state index in [1.807, 2.05) is 0 Å². The van der Waals surface area contributed by atoms with Crippen LogP contribution in [0.2, 0.25) is 0 Å². The molecule has 114 valence electrons. The number of nitrogens with zero attached hydrogens (tertiary/aromatic N) is 1. The fourth-order valence-electron chi connectivity index (χ4n) is 2.83. The van der Waals surface area contributed by atoms with Crippen LogP contribution in [0.4, 0.5) is 0 Å². The molecule has 0 radical (unpaired) electrons. The Morgan fingerprint density at radius 3 is 2.57 bits per heavy atom. The monoisotopic (exact) mass is 284 g/mol. The first kappa shape index (κ1) is 16.0. The standard InChI is InChI=1S/C19H28N2/c1-6-7-8-20-12-16-11-17(13(2)3)21-18-10-14(4)9-15(5)19(16)18/h9-11,13,20H,6-8,12H2,1-5H3. The Labute approximate surface area is 129 Å². The van der Waals surface area contributed by atoms with Crippen molar-refractivity contribution in [2.75, 3.05) is 6.54 Å². The number of unbranched alkanes of at least 4 members (excludes halogenated alkanes) is 1. The van der Waals surface area contributed by atoms with Crippen LogP contribution >= 0.6 is 0 Å². The predicted octanol–water partition coefficient (Wildman–Crippen LogP) is 4.86. The highest BCUT2D eigenvalue weighted by Crippen LogP contribution is 2.26. The van der Waals surface area contributed by atoms with Crippen molar-refractivity contribution in [2.45, 2.75) is 59.9 Å². The molecule has 0 spiro atoms. The highest BCUT2D eigenvalue weighted by molar-refractivity contribution is 5.86. The zero-order valence-corrected chi connectivity index (χ0v) is 14.1. The maximum absolute atomic E-state index is 4.87. The Hall–Kier alpha value is -1.41. The van der Waals surface area contributed by atoms with Crippen molar-refractivity contribution in [1.82, 2.24) is 10.3 Å². The lowest BCUT2D eigenvalue weighted by Crippen LogP contribution is -2.15. The van der Waals surface area contributed by atoms with Gasteiger partial charge in [-0.05, 0) is 61.6 Å². The second kappa shape index (κ2) is 7.04. The van der Waals surface area contributed by atoms with Crippen molar-refractivity contribution in [2.24, 2.45) is 0 Å². The average molecular weight is 284 g/mol. The van der Waals surface area contributed by atoms with E-state index in [0.717, 1.165) is 18.6 Å². The number of hydrogen-bond acceptors (Lipinski definition) is 2. The number of rotatable bonds is 6. The summed E-state index contributed by atoms with van der Waals surface area (Å²) in [5.41, 5.74) is 6.35. The lowest BCUT2D eigenvalue weighted by atomic mass is 9.98. The van der Waals surface area contributed by atoms with Crippen molar-refractivity contribution in [3.63, 3.8) is 0 Å². The smallest absolute Gasteiger partial charge is 0.0713 e. The van der Waals surface area contributed by atoms with E-state index in [9.17, 15) is 0 Å². The molecule has 21 heavy (non-hydrogen) atoms. The molecule has 1 aromatic heterocycles. The lowest BCUT2D eigenvalue weighted by molar-refractivity contribution is 0.642. The molecule has 2 nitrogen and oxygen atoms in total. The Morgan fingerprint density at radius 1 is 1.14 bits per heavy atom. The second-order valence-corrected chi connectivity index (χ2v) is 6.37. The maximum Gasteiger partial charge on any atom is 0.0713 e. The Kier molecular flexibility index (Phi) is 5.35. The van der Waals surface area contributed by atoms with E-state index in [1.54, 1.807) is 0 Å². The summed E-state index contributed by atoms with van der Waals surface area (Å²) in [6.45, 7) is 13.0. The molecule has 1 N–H and O–H groups in total. The molecule has 0 saturated heterocycles. The van der Waals surface area contributed by atoms with Crippen LogP contribution in [0.1, 0.15) is 61.9 Å². The van der Waals surface area contributed by atoms with Crippen LogP contribution in [-0.4, -0.2) is 11.5 Å². The first-order valence-corrected chi connectivity index (χ1v) is 8.14. The van der Waals surface area contributed by atoms with Crippen LogP contribution in [0.5, 0.6) is 0 Å². The number of nitrogens with one attached hydrogen (secondary N) is 1. The Balaban J connectivity index is 2.44. The number of pyridine rings is 1. The molecule has 0 atom stereocenters. The van der Waals surface area contributed by atoms with Gasteiger partial charge in [0.05, 0.1) is 5.52 Å². The van der Waals surface area contributed by atoms with E-state index in [4.69, 9.17) is 4.98 Å². The zero-order chi connectivity index (χ0) is 15.4. The minimum Gasteiger partial charge on any atom is -0.313 e. The van der Waals surface area contributed by atoms with E-state index < -0.39 is 0 Å². The van der Waals surface area contributed by atoms with Gasteiger partial charge in [0.1, 0.15) is 0 Å². The highest BCUT2D eigenvalue weighted by Gasteiger charge is 2.11. The average Bonchev–Trinajstić information content (AvgIpc) is 2.42. The molecule has 0 bridgehead atoms. The molecule has 2 heteroatoms. The minimum absolute atomic E-state index is 0.463. The van der Waals surface area contributed by atoms with E-state index in [2.05, 4.69) is 58.1 Å². The molecular weight excluding hydrogens is 256 g/mol. The van der Waals surface area contributed by atoms with Gasteiger partial charge in [0.2, 0.25) is 0 Å². The molecule has 1 heterocycles. The molecule has 0 fully saturated rings. The summed E-state index contributed by atoms with van der Waals surface area (Å²) >= 11 is 0. The highest BCUT2D eigenvalue weighted by atomic mass is 14.8. The van der Waals surface area contributed by atoms with Crippen molar-refractivity contribution < 1.29 is 0 Å². The Morgan fingerprint density at radius 2 is 1.90 bits per heavy atom. The summed E-state index contributed by atoms with van der Waals surface area (Å²) in [6, 6.07) is 6.76. The topological polar surface area (TPSA) is 24.9 Å². The lowest BCUT2D eigenvalue weighted by Gasteiger charge is -2.15. The zero-order valence-electron chi connectivity index (χ0n) is 14.1. The van der Waals surface area contributed by atoms with Gasteiger partial charge in [0.15, 0.2) is 0 Å².